The molecule has 0 N–H and O–H groups in total. The highest BCUT2D eigenvalue weighted by molar-refractivity contribution is 6.30. The number of carbonyl (C=O) groups is 1. The van der Waals surface area contributed by atoms with Crippen LogP contribution in [0.2, 0.25) is 5.02 Å². The Labute approximate surface area is 169 Å². The van der Waals surface area contributed by atoms with E-state index < -0.39 is 5.91 Å². The number of nitriles is 1. The number of hydrogen-bond donors (Lipinski definition) is 0. The molecule has 0 aliphatic carbocycles. The number of carbonyl (C=O) groups excluding carboxylic acids is 1. The molecule has 5 nitrogen and oxygen atoms in total. The van der Waals surface area contributed by atoms with Gasteiger partial charge in [0.1, 0.15) is 11.6 Å². The highest BCUT2D eigenvalue weighted by atomic mass is 35.5. The minimum atomic E-state index is -0.433. The lowest BCUT2D eigenvalue weighted by Crippen LogP contribution is -2.15. The fraction of sp³-hybridized carbons (Fsp3) is 0.227. The third-order valence-corrected chi connectivity index (χ3v) is 4.97. The highest BCUT2D eigenvalue weighted by Crippen LogP contribution is 2.27. The highest BCUT2D eigenvalue weighted by Gasteiger charge is 2.18. The van der Waals surface area contributed by atoms with Crippen molar-refractivity contribution in [3.05, 3.63) is 74.8 Å². The van der Waals surface area contributed by atoms with Gasteiger partial charge in [0.05, 0.1) is 5.69 Å². The number of rotatable bonds is 3. The van der Waals surface area contributed by atoms with E-state index in [1.807, 2.05) is 58.0 Å². The van der Waals surface area contributed by atoms with E-state index >= 15 is 0 Å². The van der Waals surface area contributed by atoms with Gasteiger partial charge in [0.25, 0.3) is 5.91 Å². The molecule has 0 fully saturated rings. The van der Waals surface area contributed by atoms with Crippen LogP contribution in [0.25, 0.3) is 11.8 Å². The number of halogens is 1. The summed E-state index contributed by atoms with van der Waals surface area (Å²) in [5, 5.41) is 14.4. The van der Waals surface area contributed by atoms with Crippen molar-refractivity contribution in [2.45, 2.75) is 34.6 Å². The zero-order chi connectivity index (χ0) is 20.6. The number of aromatic nitrogens is 3. The summed E-state index contributed by atoms with van der Waals surface area (Å²) in [6.45, 7) is 9.57. The van der Waals surface area contributed by atoms with E-state index in [2.05, 4.69) is 9.67 Å². The molecule has 0 unspecified atom stereocenters. The molecule has 0 radical (unpaired) electrons. The molecule has 3 rings (SSSR count). The Bertz CT molecular complexity index is 1160. The summed E-state index contributed by atoms with van der Waals surface area (Å²) in [6, 6.07) is 11.5. The first-order valence-electron chi connectivity index (χ1n) is 8.88. The second-order valence-corrected chi connectivity index (χ2v) is 7.34. The maximum atomic E-state index is 12.8. The third kappa shape index (κ3) is 3.51. The Balaban J connectivity index is 2.09. The van der Waals surface area contributed by atoms with Crippen molar-refractivity contribution in [2.75, 3.05) is 0 Å². The molecule has 142 valence electrons. The van der Waals surface area contributed by atoms with Crippen molar-refractivity contribution < 1.29 is 4.79 Å². The summed E-state index contributed by atoms with van der Waals surface area (Å²) in [6.07, 6.45) is 1.62. The zero-order valence-electron chi connectivity index (χ0n) is 16.5. The predicted octanol–water partition coefficient (Wildman–Crippen LogP) is 5.12. The van der Waals surface area contributed by atoms with Crippen LogP contribution < -0.4 is 0 Å². The van der Waals surface area contributed by atoms with Crippen molar-refractivity contribution in [1.82, 2.24) is 14.3 Å². The van der Waals surface area contributed by atoms with Gasteiger partial charge in [-0.15, -0.1) is 0 Å². The third-order valence-electron chi connectivity index (χ3n) is 4.74. The van der Waals surface area contributed by atoms with E-state index in [-0.39, 0.29) is 5.57 Å². The number of nitrogens with zero attached hydrogens (tertiary/aromatic N) is 4. The van der Waals surface area contributed by atoms with E-state index in [1.165, 1.54) is 4.68 Å². The van der Waals surface area contributed by atoms with Crippen LogP contribution in [0, 0.1) is 45.9 Å². The molecule has 0 aliphatic rings. The monoisotopic (exact) mass is 392 g/mol. The Morgan fingerprint density at radius 3 is 2.43 bits per heavy atom. The molecule has 2 heterocycles. The van der Waals surface area contributed by atoms with Crippen LogP contribution in [-0.4, -0.2) is 20.3 Å². The summed E-state index contributed by atoms with van der Waals surface area (Å²) in [5.41, 5.74) is 6.26. The first-order chi connectivity index (χ1) is 13.2. The van der Waals surface area contributed by atoms with Crippen LogP contribution in [0.4, 0.5) is 0 Å². The van der Waals surface area contributed by atoms with E-state index in [0.717, 1.165) is 33.9 Å². The first kappa shape index (κ1) is 19.7. The molecule has 3 aromatic rings. The molecular weight excluding hydrogens is 372 g/mol. The molecule has 0 amide bonds. The van der Waals surface area contributed by atoms with Crippen molar-refractivity contribution in [1.29, 1.82) is 5.26 Å². The topological polar surface area (TPSA) is 63.6 Å². The molecule has 6 heteroatoms. The normalized spacial score (nSPS) is 11.5. The van der Waals surface area contributed by atoms with Crippen molar-refractivity contribution in [3.63, 3.8) is 0 Å². The Hall–Kier alpha value is -3.10. The fourth-order valence-electron chi connectivity index (χ4n) is 3.37. The fourth-order valence-corrected chi connectivity index (χ4v) is 3.54. The van der Waals surface area contributed by atoms with Gasteiger partial charge in [0.2, 0.25) is 0 Å². The van der Waals surface area contributed by atoms with Crippen LogP contribution in [0.1, 0.15) is 38.7 Å². The molecule has 0 atom stereocenters. The van der Waals surface area contributed by atoms with E-state index in [9.17, 15) is 10.1 Å². The Morgan fingerprint density at radius 2 is 1.82 bits per heavy atom. The SMILES string of the molecule is Cc1cc(C)n(C(=O)/C(C#N)=C/c2cc(C)n(-c3cc(Cl)ccc3C)c2C)n1. The van der Waals surface area contributed by atoms with Gasteiger partial charge in [-0.25, -0.2) is 4.68 Å². The van der Waals surface area contributed by atoms with Gasteiger partial charge in [0, 0.05) is 27.8 Å². The molecule has 0 saturated carbocycles. The zero-order valence-corrected chi connectivity index (χ0v) is 17.3. The summed E-state index contributed by atoms with van der Waals surface area (Å²) < 4.78 is 3.35. The number of allylic oxidation sites excluding steroid dienone is 1. The molecule has 1 aromatic carbocycles. The summed E-state index contributed by atoms with van der Waals surface area (Å²) in [5.74, 6) is -0.433. The lowest BCUT2D eigenvalue weighted by atomic mass is 10.1. The van der Waals surface area contributed by atoms with Crippen LogP contribution in [0.5, 0.6) is 0 Å². The van der Waals surface area contributed by atoms with Crippen LogP contribution in [0.15, 0.2) is 35.9 Å². The van der Waals surface area contributed by atoms with Crippen LogP contribution in [-0.2, 0) is 0 Å². The summed E-state index contributed by atoms with van der Waals surface area (Å²) in [4.78, 5) is 12.8. The van der Waals surface area contributed by atoms with E-state index in [1.54, 1.807) is 19.1 Å². The lowest BCUT2D eigenvalue weighted by molar-refractivity contribution is 0.0943. The summed E-state index contributed by atoms with van der Waals surface area (Å²) >= 11 is 6.19. The standard InChI is InChI=1S/C22H21ClN4O/c1-13-6-7-20(23)11-21(13)26-15(3)9-18(17(26)5)10-19(12-24)22(28)27-16(4)8-14(2)25-27/h6-11H,1-5H3/b19-10+. The second kappa shape index (κ2) is 7.49. The lowest BCUT2D eigenvalue weighted by Gasteiger charge is -2.13. The van der Waals surface area contributed by atoms with Gasteiger partial charge in [-0.2, -0.15) is 10.4 Å². The van der Waals surface area contributed by atoms with Crippen LogP contribution >= 0.6 is 11.6 Å². The second-order valence-electron chi connectivity index (χ2n) is 6.91. The Morgan fingerprint density at radius 1 is 1.11 bits per heavy atom. The molecule has 0 spiro atoms. The molecule has 0 saturated heterocycles. The average molecular weight is 393 g/mol. The minimum Gasteiger partial charge on any atom is -0.318 e. The van der Waals surface area contributed by atoms with Gasteiger partial charge >= 0.3 is 0 Å². The maximum absolute atomic E-state index is 12.8. The van der Waals surface area contributed by atoms with Gasteiger partial charge in [0.15, 0.2) is 0 Å². The molecule has 0 bridgehead atoms. The number of aryl methyl sites for hydroxylation is 4. The largest absolute Gasteiger partial charge is 0.318 e. The smallest absolute Gasteiger partial charge is 0.289 e. The predicted molar refractivity (Wildman–Crippen MR) is 111 cm³/mol. The van der Waals surface area contributed by atoms with Gasteiger partial charge in [-0.3, -0.25) is 4.79 Å². The number of hydrogen-bond acceptors (Lipinski definition) is 3. The van der Waals surface area contributed by atoms with Gasteiger partial charge < -0.3 is 4.57 Å². The van der Waals surface area contributed by atoms with E-state index in [4.69, 9.17) is 11.6 Å². The molecule has 0 aliphatic heterocycles. The quantitative estimate of drug-likeness (QED) is 0.459. The first-order valence-corrected chi connectivity index (χ1v) is 9.26. The molecule has 2 aromatic heterocycles. The summed E-state index contributed by atoms with van der Waals surface area (Å²) in [7, 11) is 0. The van der Waals surface area contributed by atoms with Crippen molar-refractivity contribution in [3.8, 4) is 11.8 Å². The molecule has 28 heavy (non-hydrogen) atoms. The minimum absolute atomic E-state index is 0.0364. The van der Waals surface area contributed by atoms with Crippen molar-refractivity contribution >= 4 is 23.6 Å². The van der Waals surface area contributed by atoms with Gasteiger partial charge in [-0.1, -0.05) is 17.7 Å². The number of benzene rings is 1. The van der Waals surface area contributed by atoms with Gasteiger partial charge in [-0.05, 0) is 76.1 Å². The van der Waals surface area contributed by atoms with Crippen LogP contribution in [0.3, 0.4) is 0 Å². The molecular formula is C22H21ClN4O. The Kier molecular flexibility index (Phi) is 5.26. The average Bonchev–Trinajstić information content (AvgIpc) is 3.12. The van der Waals surface area contributed by atoms with Crippen molar-refractivity contribution in [2.24, 2.45) is 0 Å². The van der Waals surface area contributed by atoms with E-state index in [0.29, 0.717) is 10.7 Å². The maximum Gasteiger partial charge on any atom is 0.289 e.